The predicted octanol–water partition coefficient (Wildman–Crippen LogP) is 3.30. The lowest BCUT2D eigenvalue weighted by molar-refractivity contribution is 0.572. The summed E-state index contributed by atoms with van der Waals surface area (Å²) < 4.78 is 5.30. The van der Waals surface area contributed by atoms with Crippen LogP contribution in [0.1, 0.15) is 18.7 Å². The molecule has 2 heterocycles. The summed E-state index contributed by atoms with van der Waals surface area (Å²) in [7, 11) is 0. The maximum absolute atomic E-state index is 5.30. The molecule has 1 atom stereocenters. The Morgan fingerprint density at radius 1 is 1.15 bits per heavy atom. The molecule has 0 aliphatic carbocycles. The van der Waals surface area contributed by atoms with Crippen LogP contribution in [0.2, 0.25) is 0 Å². The molecule has 5 nitrogen and oxygen atoms in total. The first-order chi connectivity index (χ1) is 9.83. The van der Waals surface area contributed by atoms with Crippen molar-refractivity contribution >= 4 is 5.69 Å². The summed E-state index contributed by atoms with van der Waals surface area (Å²) in [4.78, 5) is 12.3. The van der Waals surface area contributed by atoms with Crippen molar-refractivity contribution in [2.45, 2.75) is 13.0 Å². The van der Waals surface area contributed by atoms with Crippen molar-refractivity contribution in [3.63, 3.8) is 0 Å². The minimum Gasteiger partial charge on any atom is -0.444 e. The molecular weight excluding hydrogens is 252 g/mol. The summed E-state index contributed by atoms with van der Waals surface area (Å²) >= 11 is 0. The molecule has 0 spiro atoms. The van der Waals surface area contributed by atoms with E-state index in [-0.39, 0.29) is 6.04 Å². The van der Waals surface area contributed by atoms with Gasteiger partial charge in [-0.2, -0.15) is 0 Å². The molecule has 0 saturated carbocycles. The number of anilines is 1. The van der Waals surface area contributed by atoms with Crippen molar-refractivity contribution < 1.29 is 4.42 Å². The Hall–Kier alpha value is -2.69. The number of nitrogens with one attached hydrogen (secondary N) is 1. The fourth-order valence-corrected chi connectivity index (χ4v) is 1.98. The van der Waals surface area contributed by atoms with Gasteiger partial charge in [-0.1, -0.05) is 12.1 Å². The average Bonchev–Trinajstić information content (AvgIpc) is 3.03. The summed E-state index contributed by atoms with van der Waals surface area (Å²) in [6, 6.07) is 8.07. The normalized spacial score (nSPS) is 12.1. The van der Waals surface area contributed by atoms with Gasteiger partial charge in [0.05, 0.1) is 24.1 Å². The fraction of sp³-hybridized carbons (Fsp3) is 0.133. The van der Waals surface area contributed by atoms with Crippen molar-refractivity contribution in [2.75, 3.05) is 5.32 Å². The van der Waals surface area contributed by atoms with Crippen LogP contribution in [-0.2, 0) is 0 Å². The third-order valence-electron chi connectivity index (χ3n) is 2.99. The standard InChI is InChI=1S/C15H14N4O/c1-11(14-8-16-5-6-18-14)19-13-4-2-3-12(7-13)15-9-17-10-20-15/h2-11,19H,1H3. The summed E-state index contributed by atoms with van der Waals surface area (Å²) in [6.45, 7) is 2.05. The van der Waals surface area contributed by atoms with Gasteiger partial charge in [-0.3, -0.25) is 9.97 Å². The first-order valence-corrected chi connectivity index (χ1v) is 6.34. The van der Waals surface area contributed by atoms with Crippen molar-refractivity contribution in [3.8, 4) is 11.3 Å². The lowest BCUT2D eigenvalue weighted by Gasteiger charge is -2.14. The number of nitrogens with zero attached hydrogens (tertiary/aromatic N) is 3. The maximum Gasteiger partial charge on any atom is 0.181 e. The first-order valence-electron chi connectivity index (χ1n) is 6.34. The van der Waals surface area contributed by atoms with Crippen molar-refractivity contribution in [1.29, 1.82) is 0 Å². The van der Waals surface area contributed by atoms with Crippen LogP contribution in [0, 0.1) is 0 Å². The van der Waals surface area contributed by atoms with Crippen LogP contribution < -0.4 is 5.32 Å². The fourth-order valence-electron chi connectivity index (χ4n) is 1.98. The van der Waals surface area contributed by atoms with Gasteiger partial charge < -0.3 is 9.73 Å². The average molecular weight is 266 g/mol. The number of aromatic nitrogens is 3. The van der Waals surface area contributed by atoms with Gasteiger partial charge in [0.15, 0.2) is 12.2 Å². The van der Waals surface area contributed by atoms with Crippen LogP contribution in [0.4, 0.5) is 5.69 Å². The quantitative estimate of drug-likeness (QED) is 0.785. The molecule has 0 bridgehead atoms. The molecule has 5 heteroatoms. The number of hydrogen-bond acceptors (Lipinski definition) is 5. The highest BCUT2D eigenvalue weighted by atomic mass is 16.3. The van der Waals surface area contributed by atoms with Crippen LogP contribution in [0.3, 0.4) is 0 Å². The molecule has 0 aliphatic heterocycles. The second-order valence-electron chi connectivity index (χ2n) is 4.44. The number of oxazole rings is 1. The molecule has 0 amide bonds. The summed E-state index contributed by atoms with van der Waals surface area (Å²) in [5.74, 6) is 0.751. The predicted molar refractivity (Wildman–Crippen MR) is 76.0 cm³/mol. The van der Waals surface area contributed by atoms with Crippen molar-refractivity contribution in [3.05, 3.63) is 61.1 Å². The summed E-state index contributed by atoms with van der Waals surface area (Å²) in [5.41, 5.74) is 2.88. The van der Waals surface area contributed by atoms with E-state index < -0.39 is 0 Å². The summed E-state index contributed by atoms with van der Waals surface area (Å²) in [6.07, 6.45) is 8.25. The van der Waals surface area contributed by atoms with E-state index in [2.05, 4.69) is 20.3 Å². The number of benzene rings is 1. The molecule has 1 N–H and O–H groups in total. The minimum absolute atomic E-state index is 0.0775. The van der Waals surface area contributed by atoms with E-state index in [0.717, 1.165) is 22.7 Å². The molecule has 100 valence electrons. The molecular formula is C15H14N4O. The molecule has 1 aromatic carbocycles. The monoisotopic (exact) mass is 266 g/mol. The summed E-state index contributed by atoms with van der Waals surface area (Å²) in [5, 5.41) is 3.40. The second kappa shape index (κ2) is 5.52. The highest BCUT2D eigenvalue weighted by molar-refractivity contribution is 5.63. The van der Waals surface area contributed by atoms with Crippen LogP contribution in [0.25, 0.3) is 11.3 Å². The van der Waals surface area contributed by atoms with E-state index >= 15 is 0 Å². The topological polar surface area (TPSA) is 63.8 Å². The molecule has 0 saturated heterocycles. The molecule has 0 fully saturated rings. The van der Waals surface area contributed by atoms with E-state index in [9.17, 15) is 0 Å². The molecule has 2 aromatic heterocycles. The zero-order chi connectivity index (χ0) is 13.8. The largest absolute Gasteiger partial charge is 0.444 e. The Morgan fingerprint density at radius 2 is 2.10 bits per heavy atom. The molecule has 0 aliphatic rings. The van der Waals surface area contributed by atoms with Gasteiger partial charge in [0.1, 0.15) is 0 Å². The SMILES string of the molecule is CC(Nc1cccc(-c2cnco2)c1)c1cnccn1. The Bertz CT molecular complexity index is 667. The molecule has 1 unspecified atom stereocenters. The van der Waals surface area contributed by atoms with Gasteiger partial charge in [0, 0.05) is 23.6 Å². The van der Waals surface area contributed by atoms with Gasteiger partial charge in [0.25, 0.3) is 0 Å². The van der Waals surface area contributed by atoms with Crippen LogP contribution >= 0.6 is 0 Å². The zero-order valence-corrected chi connectivity index (χ0v) is 11.0. The molecule has 3 aromatic rings. The van der Waals surface area contributed by atoms with E-state index in [4.69, 9.17) is 4.42 Å². The van der Waals surface area contributed by atoms with Gasteiger partial charge in [-0.15, -0.1) is 0 Å². The van der Waals surface area contributed by atoms with Gasteiger partial charge in [0.2, 0.25) is 0 Å². The van der Waals surface area contributed by atoms with Gasteiger partial charge in [-0.05, 0) is 19.1 Å². The minimum atomic E-state index is 0.0775. The maximum atomic E-state index is 5.30. The van der Waals surface area contributed by atoms with E-state index in [1.165, 1.54) is 6.39 Å². The van der Waals surface area contributed by atoms with Crippen LogP contribution in [0.5, 0.6) is 0 Å². The highest BCUT2D eigenvalue weighted by Gasteiger charge is 2.08. The number of rotatable bonds is 4. The molecule has 3 rings (SSSR count). The number of hydrogen-bond donors (Lipinski definition) is 1. The van der Waals surface area contributed by atoms with E-state index in [1.807, 2.05) is 31.2 Å². The lowest BCUT2D eigenvalue weighted by atomic mass is 10.1. The molecule has 20 heavy (non-hydrogen) atoms. The Kier molecular flexibility index (Phi) is 3.41. The van der Waals surface area contributed by atoms with Gasteiger partial charge in [-0.25, -0.2) is 4.98 Å². The third kappa shape index (κ3) is 2.66. The van der Waals surface area contributed by atoms with Gasteiger partial charge >= 0.3 is 0 Å². The van der Waals surface area contributed by atoms with Crippen LogP contribution in [-0.4, -0.2) is 15.0 Å². The second-order valence-corrected chi connectivity index (χ2v) is 4.44. The third-order valence-corrected chi connectivity index (χ3v) is 2.99. The van der Waals surface area contributed by atoms with Crippen LogP contribution in [0.15, 0.2) is 59.9 Å². The van der Waals surface area contributed by atoms with E-state index in [1.54, 1.807) is 24.8 Å². The zero-order valence-electron chi connectivity index (χ0n) is 11.0. The molecule has 0 radical (unpaired) electrons. The van der Waals surface area contributed by atoms with Crippen molar-refractivity contribution in [2.24, 2.45) is 0 Å². The highest BCUT2D eigenvalue weighted by Crippen LogP contribution is 2.24. The Morgan fingerprint density at radius 3 is 2.85 bits per heavy atom. The Balaban J connectivity index is 1.80. The first kappa shape index (κ1) is 12.3. The van der Waals surface area contributed by atoms with E-state index in [0.29, 0.717) is 0 Å². The van der Waals surface area contributed by atoms with Crippen molar-refractivity contribution in [1.82, 2.24) is 15.0 Å². The smallest absolute Gasteiger partial charge is 0.181 e. The Labute approximate surface area is 116 Å². The lowest BCUT2D eigenvalue weighted by Crippen LogP contribution is -2.08.